The van der Waals surface area contributed by atoms with E-state index in [4.69, 9.17) is 11.6 Å². The number of H-pyrrole nitrogens is 1. The summed E-state index contributed by atoms with van der Waals surface area (Å²) in [5.41, 5.74) is 2.71. The van der Waals surface area contributed by atoms with E-state index >= 15 is 0 Å². The van der Waals surface area contributed by atoms with Crippen LogP contribution in [-0.2, 0) is 6.54 Å². The van der Waals surface area contributed by atoms with Crippen molar-refractivity contribution in [3.8, 4) is 0 Å². The maximum atomic E-state index is 12.2. The lowest BCUT2D eigenvalue weighted by atomic mass is 10.1. The number of Topliss-reactive ketones (excluding diaryl/α,β-unsaturated/α-hetero) is 1. The van der Waals surface area contributed by atoms with Crippen LogP contribution >= 0.6 is 11.6 Å². The van der Waals surface area contributed by atoms with Crippen molar-refractivity contribution in [2.24, 2.45) is 0 Å². The number of para-hydroxylation sites is 2. The molecule has 1 N–H and O–H groups in total. The van der Waals surface area contributed by atoms with E-state index in [0.29, 0.717) is 17.1 Å². The van der Waals surface area contributed by atoms with Crippen molar-refractivity contribution in [2.75, 3.05) is 0 Å². The molecule has 0 aliphatic carbocycles. The lowest BCUT2D eigenvalue weighted by molar-refractivity contribution is -0.656. The molecule has 0 atom stereocenters. The van der Waals surface area contributed by atoms with E-state index < -0.39 is 0 Å². The van der Waals surface area contributed by atoms with Gasteiger partial charge in [-0.15, -0.1) is 0 Å². The minimum atomic E-state index is 0.0615. The van der Waals surface area contributed by atoms with Gasteiger partial charge in [-0.1, -0.05) is 23.7 Å². The van der Waals surface area contributed by atoms with E-state index in [-0.39, 0.29) is 5.78 Å². The molecule has 0 spiro atoms. The van der Waals surface area contributed by atoms with Crippen molar-refractivity contribution in [1.29, 1.82) is 0 Å². The van der Waals surface area contributed by atoms with Crippen LogP contribution < -0.4 is 4.57 Å². The quantitative estimate of drug-likeness (QED) is 0.577. The minimum absolute atomic E-state index is 0.0615. The van der Waals surface area contributed by atoms with Crippen molar-refractivity contribution in [3.05, 3.63) is 65.4 Å². The fourth-order valence-electron chi connectivity index (χ4n) is 2.08. The lowest BCUT2D eigenvalue weighted by Gasteiger charge is -1.99. The zero-order valence-corrected chi connectivity index (χ0v) is 10.9. The molecule has 3 nitrogen and oxygen atoms in total. The Morgan fingerprint density at radius 1 is 1.11 bits per heavy atom. The van der Waals surface area contributed by atoms with Gasteiger partial charge < -0.3 is 0 Å². The van der Waals surface area contributed by atoms with Gasteiger partial charge >= 0.3 is 0 Å². The van der Waals surface area contributed by atoms with E-state index in [0.717, 1.165) is 11.0 Å². The molecule has 3 rings (SSSR count). The molecule has 0 saturated heterocycles. The summed E-state index contributed by atoms with van der Waals surface area (Å²) in [7, 11) is 0. The van der Waals surface area contributed by atoms with Gasteiger partial charge in [-0.25, -0.2) is 9.55 Å². The number of aromatic amines is 1. The number of nitrogens with one attached hydrogen (secondary N) is 1. The van der Waals surface area contributed by atoms with Crippen LogP contribution in [0.25, 0.3) is 11.0 Å². The molecule has 1 aromatic heterocycles. The molecular formula is C15H12ClN2O+. The van der Waals surface area contributed by atoms with E-state index in [1.165, 1.54) is 0 Å². The van der Waals surface area contributed by atoms with Crippen LogP contribution in [0.3, 0.4) is 0 Å². The number of rotatable bonds is 3. The summed E-state index contributed by atoms with van der Waals surface area (Å²) >= 11 is 5.82. The Hall–Kier alpha value is -2.13. The van der Waals surface area contributed by atoms with Crippen molar-refractivity contribution in [2.45, 2.75) is 6.54 Å². The zero-order chi connectivity index (χ0) is 13.2. The van der Waals surface area contributed by atoms with Crippen LogP contribution in [0.2, 0.25) is 5.02 Å². The molecule has 0 radical (unpaired) electrons. The van der Waals surface area contributed by atoms with Crippen LogP contribution in [0.5, 0.6) is 0 Å². The number of carbonyl (C=O) groups excluding carboxylic acids is 1. The molecule has 0 amide bonds. The maximum absolute atomic E-state index is 12.2. The summed E-state index contributed by atoms with van der Waals surface area (Å²) in [5.74, 6) is 0.0615. The Kier molecular flexibility index (Phi) is 3.05. The van der Waals surface area contributed by atoms with Crippen molar-refractivity contribution < 1.29 is 9.36 Å². The number of ketones is 1. The third-order valence-corrected chi connectivity index (χ3v) is 3.32. The second-order valence-electron chi connectivity index (χ2n) is 4.35. The molecule has 3 aromatic rings. The molecule has 0 saturated carbocycles. The summed E-state index contributed by atoms with van der Waals surface area (Å²) in [6.07, 6.45) is 1.82. The Bertz CT molecular complexity index is 731. The van der Waals surface area contributed by atoms with Crippen LogP contribution in [0, 0.1) is 0 Å². The molecule has 4 heteroatoms. The Morgan fingerprint density at radius 3 is 2.63 bits per heavy atom. The summed E-state index contributed by atoms with van der Waals surface area (Å²) in [6.45, 7) is 0.311. The number of imidazole rings is 1. The minimum Gasteiger partial charge on any atom is -0.290 e. The first-order chi connectivity index (χ1) is 9.24. The highest BCUT2D eigenvalue weighted by Crippen LogP contribution is 2.11. The SMILES string of the molecule is O=C(C[n+]1c[nH]c2ccccc21)c1ccc(Cl)cc1. The largest absolute Gasteiger partial charge is 0.290 e. The first-order valence-corrected chi connectivity index (χ1v) is 6.36. The van der Waals surface area contributed by atoms with Crippen molar-refractivity contribution >= 4 is 28.4 Å². The van der Waals surface area contributed by atoms with E-state index in [1.807, 2.05) is 35.2 Å². The Labute approximate surface area is 115 Å². The predicted octanol–water partition coefficient (Wildman–Crippen LogP) is 2.99. The first-order valence-electron chi connectivity index (χ1n) is 5.98. The molecule has 0 aliphatic heterocycles. The van der Waals surface area contributed by atoms with Gasteiger partial charge in [-0.05, 0) is 36.4 Å². The number of hydrogen-bond donors (Lipinski definition) is 1. The molecule has 0 aliphatic rings. The van der Waals surface area contributed by atoms with Crippen LogP contribution in [0.1, 0.15) is 10.4 Å². The fourth-order valence-corrected chi connectivity index (χ4v) is 2.20. The number of halogens is 1. The molecule has 2 aromatic carbocycles. The van der Waals surface area contributed by atoms with Crippen LogP contribution in [0.15, 0.2) is 54.9 Å². The van der Waals surface area contributed by atoms with E-state index in [9.17, 15) is 4.79 Å². The summed E-state index contributed by atoms with van der Waals surface area (Å²) in [5, 5.41) is 0.635. The zero-order valence-electron chi connectivity index (χ0n) is 10.1. The Balaban J connectivity index is 1.89. The highest BCUT2D eigenvalue weighted by Gasteiger charge is 2.14. The second-order valence-corrected chi connectivity index (χ2v) is 4.78. The Morgan fingerprint density at radius 2 is 1.84 bits per heavy atom. The van der Waals surface area contributed by atoms with Crippen molar-refractivity contribution in [3.63, 3.8) is 0 Å². The highest BCUT2D eigenvalue weighted by molar-refractivity contribution is 6.30. The summed E-state index contributed by atoms with van der Waals surface area (Å²) < 4.78 is 1.91. The topological polar surface area (TPSA) is 36.7 Å². The van der Waals surface area contributed by atoms with Gasteiger partial charge in [0.05, 0.1) is 0 Å². The molecule has 19 heavy (non-hydrogen) atoms. The average molecular weight is 272 g/mol. The normalized spacial score (nSPS) is 10.8. The van der Waals surface area contributed by atoms with Gasteiger partial charge in [0.1, 0.15) is 0 Å². The standard InChI is InChI=1S/C15H11ClN2O/c16-12-7-5-11(6-8-12)15(19)9-18-10-17-13-3-1-2-4-14(13)18/h1-8,10H,9H2/p+1. The predicted molar refractivity (Wildman–Crippen MR) is 74.3 cm³/mol. The maximum Gasteiger partial charge on any atom is 0.242 e. The van der Waals surface area contributed by atoms with Crippen LogP contribution in [0.4, 0.5) is 0 Å². The molecule has 0 unspecified atom stereocenters. The summed E-state index contributed by atoms with van der Waals surface area (Å²) in [4.78, 5) is 15.3. The van der Waals surface area contributed by atoms with Crippen LogP contribution in [-0.4, -0.2) is 10.8 Å². The number of fused-ring (bicyclic) bond motifs is 1. The highest BCUT2D eigenvalue weighted by atomic mass is 35.5. The monoisotopic (exact) mass is 271 g/mol. The van der Waals surface area contributed by atoms with E-state index in [1.54, 1.807) is 24.3 Å². The molecule has 0 bridgehead atoms. The number of hydrogen-bond acceptors (Lipinski definition) is 1. The molecular weight excluding hydrogens is 260 g/mol. The first kappa shape index (κ1) is 11.9. The smallest absolute Gasteiger partial charge is 0.242 e. The number of carbonyl (C=O) groups is 1. The summed E-state index contributed by atoms with van der Waals surface area (Å²) in [6, 6.07) is 14.9. The van der Waals surface area contributed by atoms with Gasteiger partial charge in [0.15, 0.2) is 17.6 Å². The number of benzene rings is 2. The van der Waals surface area contributed by atoms with Gasteiger partial charge in [0.25, 0.3) is 0 Å². The number of nitrogens with zero attached hydrogens (tertiary/aromatic N) is 1. The van der Waals surface area contributed by atoms with Gasteiger partial charge in [-0.3, -0.25) is 4.79 Å². The fraction of sp³-hybridized carbons (Fsp3) is 0.0667. The van der Waals surface area contributed by atoms with Gasteiger partial charge in [0.2, 0.25) is 12.1 Å². The third kappa shape index (κ3) is 2.37. The third-order valence-electron chi connectivity index (χ3n) is 3.07. The molecule has 0 fully saturated rings. The number of aromatic nitrogens is 2. The molecule has 94 valence electrons. The average Bonchev–Trinajstić information content (AvgIpc) is 2.83. The second kappa shape index (κ2) is 4.86. The van der Waals surface area contributed by atoms with Gasteiger partial charge in [0, 0.05) is 10.6 Å². The van der Waals surface area contributed by atoms with Crippen molar-refractivity contribution in [1.82, 2.24) is 4.98 Å². The van der Waals surface area contributed by atoms with Gasteiger partial charge in [-0.2, -0.15) is 0 Å². The van der Waals surface area contributed by atoms with E-state index in [2.05, 4.69) is 4.98 Å². The molecule has 1 heterocycles. The lowest BCUT2D eigenvalue weighted by Crippen LogP contribution is -2.36.